The van der Waals surface area contributed by atoms with Crippen LogP contribution >= 0.6 is 11.6 Å². The molecule has 8 heteroatoms. The van der Waals surface area contributed by atoms with Gasteiger partial charge in [0.05, 0.1) is 10.5 Å². The van der Waals surface area contributed by atoms with Crippen LogP contribution in [0.4, 0.5) is 13.2 Å². The summed E-state index contributed by atoms with van der Waals surface area (Å²) >= 11 is 5.70. The van der Waals surface area contributed by atoms with E-state index in [2.05, 4.69) is 4.72 Å². The minimum atomic E-state index is -4.38. The molecule has 0 radical (unpaired) electrons. The Morgan fingerprint density at radius 3 is 2.04 bits per heavy atom. The van der Waals surface area contributed by atoms with Crippen molar-refractivity contribution >= 4 is 21.6 Å². The second kappa shape index (κ2) is 6.90. The highest BCUT2D eigenvalue weighted by Crippen LogP contribution is 2.29. The highest BCUT2D eigenvalue weighted by Gasteiger charge is 2.29. The van der Waals surface area contributed by atoms with E-state index >= 15 is 0 Å². The molecule has 3 nitrogen and oxygen atoms in total. The molecule has 0 atom stereocenters. The quantitative estimate of drug-likeness (QED) is 0.876. The zero-order valence-electron chi connectivity index (χ0n) is 11.8. The summed E-state index contributed by atoms with van der Waals surface area (Å²) in [5.41, 5.74) is -0.125. The van der Waals surface area contributed by atoms with Gasteiger partial charge < -0.3 is 0 Å². The molecule has 2 rings (SSSR count). The van der Waals surface area contributed by atoms with Crippen molar-refractivity contribution in [3.8, 4) is 0 Å². The summed E-state index contributed by atoms with van der Waals surface area (Å²) in [5.74, 6) is 0. The van der Waals surface area contributed by atoms with Crippen molar-refractivity contribution < 1.29 is 21.6 Å². The molecule has 0 amide bonds. The van der Waals surface area contributed by atoms with E-state index in [1.165, 1.54) is 36.4 Å². The molecule has 0 fully saturated rings. The zero-order chi connectivity index (χ0) is 17.1. The highest BCUT2D eigenvalue weighted by molar-refractivity contribution is 7.89. The number of rotatable bonds is 5. The Kier molecular flexibility index (Phi) is 5.33. The lowest BCUT2D eigenvalue weighted by atomic mass is 10.1. The van der Waals surface area contributed by atoms with E-state index in [1.54, 1.807) is 0 Å². The van der Waals surface area contributed by atoms with Crippen LogP contribution in [0.5, 0.6) is 0 Å². The van der Waals surface area contributed by atoms with E-state index in [4.69, 9.17) is 11.6 Å². The van der Waals surface area contributed by atoms with Crippen molar-refractivity contribution in [1.29, 1.82) is 0 Å². The third-order valence-corrected chi connectivity index (χ3v) is 4.84. The summed E-state index contributed by atoms with van der Waals surface area (Å²) in [6, 6.07) is 10.3. The largest absolute Gasteiger partial charge is 0.416 e. The highest BCUT2D eigenvalue weighted by atomic mass is 35.5. The molecule has 0 spiro atoms. The van der Waals surface area contributed by atoms with Gasteiger partial charge in [0.1, 0.15) is 0 Å². The maximum Gasteiger partial charge on any atom is 0.416 e. The maximum atomic E-state index is 12.4. The molecule has 0 aromatic heterocycles. The minimum absolute atomic E-state index is 0.0781. The molecule has 2 aromatic carbocycles. The molecular formula is C15H13ClF3NO2S. The van der Waals surface area contributed by atoms with Crippen LogP contribution in [0.15, 0.2) is 53.4 Å². The van der Waals surface area contributed by atoms with E-state index in [0.29, 0.717) is 10.6 Å². The fourth-order valence-electron chi connectivity index (χ4n) is 1.89. The van der Waals surface area contributed by atoms with E-state index in [1.807, 2.05) is 0 Å². The number of alkyl halides is 3. The van der Waals surface area contributed by atoms with Gasteiger partial charge in [-0.25, -0.2) is 13.1 Å². The Labute approximate surface area is 137 Å². The van der Waals surface area contributed by atoms with Crippen LogP contribution in [-0.2, 0) is 22.6 Å². The maximum absolute atomic E-state index is 12.4. The lowest BCUT2D eigenvalue weighted by Crippen LogP contribution is -2.26. The number of hydrogen-bond acceptors (Lipinski definition) is 2. The summed E-state index contributed by atoms with van der Waals surface area (Å²) in [6.45, 7) is 0.0797. The first-order valence-corrected chi connectivity index (χ1v) is 8.46. The molecule has 0 heterocycles. The van der Waals surface area contributed by atoms with Crippen LogP contribution in [0, 0.1) is 0 Å². The number of hydrogen-bond donors (Lipinski definition) is 1. The van der Waals surface area contributed by atoms with Crippen molar-refractivity contribution in [3.05, 3.63) is 64.7 Å². The van der Waals surface area contributed by atoms with Crippen molar-refractivity contribution in [2.75, 3.05) is 6.54 Å². The Balaban J connectivity index is 1.95. The molecule has 0 aliphatic carbocycles. The Hall–Kier alpha value is -1.57. The van der Waals surface area contributed by atoms with Gasteiger partial charge in [-0.3, -0.25) is 0 Å². The van der Waals surface area contributed by atoms with Gasteiger partial charge in [-0.15, -0.1) is 0 Å². The van der Waals surface area contributed by atoms with Gasteiger partial charge in [-0.1, -0.05) is 23.7 Å². The average molecular weight is 364 g/mol. The van der Waals surface area contributed by atoms with Crippen LogP contribution in [0.3, 0.4) is 0 Å². The van der Waals surface area contributed by atoms with Gasteiger partial charge in [0.25, 0.3) is 0 Å². The average Bonchev–Trinajstić information content (AvgIpc) is 2.47. The van der Waals surface area contributed by atoms with Crippen LogP contribution in [0.1, 0.15) is 11.1 Å². The molecule has 0 unspecified atom stereocenters. The van der Waals surface area contributed by atoms with E-state index in [9.17, 15) is 21.6 Å². The molecule has 0 aliphatic heterocycles. The third kappa shape index (κ3) is 4.95. The Bertz CT molecular complexity index is 757. The first kappa shape index (κ1) is 17.8. The predicted molar refractivity (Wildman–Crippen MR) is 81.8 cm³/mol. The predicted octanol–water partition coefficient (Wildman–Crippen LogP) is 3.88. The van der Waals surface area contributed by atoms with Crippen LogP contribution in [0.2, 0.25) is 5.02 Å². The molecule has 2 aromatic rings. The lowest BCUT2D eigenvalue weighted by Gasteiger charge is -2.09. The zero-order valence-corrected chi connectivity index (χ0v) is 13.3. The summed E-state index contributed by atoms with van der Waals surface area (Å²) in [4.78, 5) is 0.0781. The van der Waals surface area contributed by atoms with E-state index in [0.717, 1.165) is 12.1 Å². The second-order valence-electron chi connectivity index (χ2n) is 4.80. The van der Waals surface area contributed by atoms with Gasteiger partial charge in [-0.2, -0.15) is 13.2 Å². The van der Waals surface area contributed by atoms with Gasteiger partial charge in [0.2, 0.25) is 10.0 Å². The summed E-state index contributed by atoms with van der Waals surface area (Å²) in [6.07, 6.45) is -4.10. The smallest absolute Gasteiger partial charge is 0.211 e. The number of sulfonamides is 1. The Morgan fingerprint density at radius 1 is 0.957 bits per heavy atom. The number of halogens is 4. The molecule has 0 aliphatic rings. The van der Waals surface area contributed by atoms with Gasteiger partial charge >= 0.3 is 6.18 Å². The molecule has 124 valence electrons. The SMILES string of the molecule is O=S(=O)(NCCc1ccc(C(F)(F)F)cc1)c1ccc(Cl)cc1. The molecular weight excluding hydrogens is 351 g/mol. The Morgan fingerprint density at radius 2 is 1.52 bits per heavy atom. The molecule has 0 saturated heterocycles. The van der Waals surface area contributed by atoms with Crippen molar-refractivity contribution in [1.82, 2.24) is 4.72 Å². The van der Waals surface area contributed by atoms with Crippen LogP contribution in [0.25, 0.3) is 0 Å². The molecule has 0 bridgehead atoms. The summed E-state index contributed by atoms with van der Waals surface area (Å²) in [7, 11) is -3.67. The van der Waals surface area contributed by atoms with Gasteiger partial charge in [-0.05, 0) is 48.4 Å². The van der Waals surface area contributed by atoms with E-state index < -0.39 is 21.8 Å². The fraction of sp³-hybridized carbons (Fsp3) is 0.200. The van der Waals surface area contributed by atoms with Crippen molar-refractivity contribution in [3.63, 3.8) is 0 Å². The number of benzene rings is 2. The van der Waals surface area contributed by atoms with Crippen molar-refractivity contribution in [2.45, 2.75) is 17.5 Å². The molecule has 0 saturated carbocycles. The van der Waals surface area contributed by atoms with Crippen LogP contribution < -0.4 is 4.72 Å². The first-order valence-electron chi connectivity index (χ1n) is 6.60. The third-order valence-electron chi connectivity index (χ3n) is 3.11. The fourth-order valence-corrected chi connectivity index (χ4v) is 3.05. The van der Waals surface area contributed by atoms with Crippen LogP contribution in [-0.4, -0.2) is 15.0 Å². The molecule has 1 N–H and O–H groups in total. The topological polar surface area (TPSA) is 46.2 Å². The first-order chi connectivity index (χ1) is 10.7. The summed E-state index contributed by atoms with van der Waals surface area (Å²) < 4.78 is 63.8. The second-order valence-corrected chi connectivity index (χ2v) is 7.00. The number of nitrogens with one attached hydrogen (secondary N) is 1. The minimum Gasteiger partial charge on any atom is -0.211 e. The molecule has 23 heavy (non-hydrogen) atoms. The summed E-state index contributed by atoms with van der Waals surface area (Å²) in [5, 5.41) is 0.425. The standard InChI is InChI=1S/C15H13ClF3NO2S/c16-13-5-7-14(8-6-13)23(21,22)20-10-9-11-1-3-12(4-2-11)15(17,18)19/h1-8,20H,9-10H2. The normalized spacial score (nSPS) is 12.3. The van der Waals surface area contributed by atoms with Crippen molar-refractivity contribution in [2.24, 2.45) is 0 Å². The monoisotopic (exact) mass is 363 g/mol. The van der Waals surface area contributed by atoms with Gasteiger partial charge in [0, 0.05) is 11.6 Å². The lowest BCUT2D eigenvalue weighted by molar-refractivity contribution is -0.137. The van der Waals surface area contributed by atoms with E-state index in [-0.39, 0.29) is 17.9 Å². The van der Waals surface area contributed by atoms with Gasteiger partial charge in [0.15, 0.2) is 0 Å².